The molecule has 6 heteroatoms. The van der Waals surface area contributed by atoms with Crippen LogP contribution in [0.25, 0.3) is 0 Å². The third kappa shape index (κ3) is 3.83. The molecule has 3 atom stereocenters. The van der Waals surface area contributed by atoms with E-state index in [9.17, 15) is 4.79 Å². The van der Waals surface area contributed by atoms with Crippen molar-refractivity contribution in [1.82, 2.24) is 19.8 Å². The van der Waals surface area contributed by atoms with Crippen molar-refractivity contribution in [3.63, 3.8) is 0 Å². The van der Waals surface area contributed by atoms with Crippen molar-refractivity contribution in [3.8, 4) is 0 Å². The Morgan fingerprint density at radius 3 is 2.68 bits per heavy atom. The molecule has 0 spiro atoms. The second-order valence-electron chi connectivity index (χ2n) is 8.95. The molecule has 1 amide bonds. The van der Waals surface area contributed by atoms with E-state index in [1.165, 1.54) is 5.56 Å². The highest BCUT2D eigenvalue weighted by molar-refractivity contribution is 5.95. The van der Waals surface area contributed by atoms with Gasteiger partial charge >= 0.3 is 0 Å². The first kappa shape index (κ1) is 19.8. The number of rotatable bonds is 5. The number of H-pyrrole nitrogens is 1. The van der Waals surface area contributed by atoms with Crippen LogP contribution in [0.3, 0.4) is 0 Å². The third-order valence-electron chi connectivity index (χ3n) is 6.70. The number of aromatic amines is 1. The van der Waals surface area contributed by atoms with Crippen LogP contribution >= 0.6 is 0 Å². The molecule has 2 saturated heterocycles. The fourth-order valence-electron chi connectivity index (χ4n) is 5.25. The quantitative estimate of drug-likeness (QED) is 0.694. The van der Waals surface area contributed by atoms with Crippen molar-refractivity contribution in [2.75, 3.05) is 38.6 Å². The number of hydrogen-bond acceptors (Lipinski definition) is 4. The monoisotopic (exact) mass is 415 g/mol. The van der Waals surface area contributed by atoms with Gasteiger partial charge in [-0.3, -0.25) is 9.69 Å². The summed E-state index contributed by atoms with van der Waals surface area (Å²) in [7, 11) is 4.01. The number of carbonyl (C=O) groups excluding carboxylic acids is 1. The van der Waals surface area contributed by atoms with E-state index in [1.54, 1.807) is 6.33 Å². The Bertz CT molecular complexity index is 1030. The number of hydrogen-bond donors (Lipinski definition) is 1. The van der Waals surface area contributed by atoms with Crippen molar-refractivity contribution in [2.24, 2.45) is 11.8 Å². The molecule has 1 aromatic heterocycles. The van der Waals surface area contributed by atoms with Crippen LogP contribution in [-0.4, -0.2) is 59.4 Å². The Hall–Kier alpha value is -3.12. The zero-order chi connectivity index (χ0) is 21.4. The van der Waals surface area contributed by atoms with E-state index >= 15 is 0 Å². The lowest BCUT2D eigenvalue weighted by molar-refractivity contribution is 0.0699. The molecular weight excluding hydrogens is 386 g/mol. The Kier molecular flexibility index (Phi) is 5.24. The summed E-state index contributed by atoms with van der Waals surface area (Å²) < 4.78 is 0. The molecule has 3 heterocycles. The highest BCUT2D eigenvalue weighted by atomic mass is 16.2. The van der Waals surface area contributed by atoms with Crippen LogP contribution in [-0.2, 0) is 6.54 Å². The van der Waals surface area contributed by atoms with E-state index in [4.69, 9.17) is 0 Å². The topological polar surface area (TPSA) is 55.5 Å². The van der Waals surface area contributed by atoms with Crippen molar-refractivity contribution in [1.29, 1.82) is 0 Å². The summed E-state index contributed by atoms with van der Waals surface area (Å²) in [6.07, 6.45) is 3.64. The van der Waals surface area contributed by atoms with E-state index in [2.05, 4.69) is 44.0 Å². The van der Waals surface area contributed by atoms with E-state index in [-0.39, 0.29) is 11.9 Å². The predicted octanol–water partition coefficient (Wildman–Crippen LogP) is 3.42. The Morgan fingerprint density at radius 1 is 1.10 bits per heavy atom. The van der Waals surface area contributed by atoms with Gasteiger partial charge in [-0.15, -0.1) is 0 Å². The van der Waals surface area contributed by atoms with Crippen LogP contribution in [0.15, 0.2) is 67.1 Å². The van der Waals surface area contributed by atoms with Crippen molar-refractivity contribution in [3.05, 3.63) is 83.9 Å². The minimum absolute atomic E-state index is 0.105. The zero-order valence-electron chi connectivity index (χ0n) is 18.1. The van der Waals surface area contributed by atoms with Gasteiger partial charge in [0.15, 0.2) is 0 Å². The van der Waals surface area contributed by atoms with Gasteiger partial charge in [-0.05, 0) is 29.7 Å². The SMILES string of the molecule is CN(C)c1cccc(C(=O)N2C[C@@H]3CN(Cc4cnc[nH]4)C[C@@H]3[C@H]2c2ccccc2)c1. The molecule has 2 aliphatic heterocycles. The summed E-state index contributed by atoms with van der Waals surface area (Å²) in [5.41, 5.74) is 4.19. The maximum atomic E-state index is 13.7. The summed E-state index contributed by atoms with van der Waals surface area (Å²) in [6, 6.07) is 18.6. The fraction of sp³-hybridized carbons (Fsp3) is 0.360. The second-order valence-corrected chi connectivity index (χ2v) is 8.95. The first-order valence-electron chi connectivity index (χ1n) is 10.9. The number of benzene rings is 2. The van der Waals surface area contributed by atoms with Crippen molar-refractivity contribution >= 4 is 11.6 Å². The fourth-order valence-corrected chi connectivity index (χ4v) is 5.25. The van der Waals surface area contributed by atoms with Crippen LogP contribution in [0.4, 0.5) is 5.69 Å². The molecule has 0 radical (unpaired) electrons. The average molecular weight is 416 g/mol. The zero-order valence-corrected chi connectivity index (χ0v) is 18.1. The molecule has 0 aliphatic carbocycles. The first-order chi connectivity index (χ1) is 15.1. The molecule has 160 valence electrons. The number of anilines is 1. The number of nitrogens with one attached hydrogen (secondary N) is 1. The summed E-state index contributed by atoms with van der Waals surface area (Å²) >= 11 is 0. The van der Waals surface area contributed by atoms with Crippen LogP contribution in [0.1, 0.15) is 27.7 Å². The van der Waals surface area contributed by atoms with Gasteiger partial charge in [-0.1, -0.05) is 36.4 Å². The number of aromatic nitrogens is 2. The Labute approximate surface area is 183 Å². The lowest BCUT2D eigenvalue weighted by Crippen LogP contribution is -2.35. The molecule has 31 heavy (non-hydrogen) atoms. The van der Waals surface area contributed by atoms with E-state index in [1.807, 2.05) is 55.5 Å². The van der Waals surface area contributed by atoms with Crippen molar-refractivity contribution in [2.45, 2.75) is 12.6 Å². The van der Waals surface area contributed by atoms with Gasteiger partial charge in [0, 0.05) is 69.3 Å². The molecule has 3 aromatic rings. The van der Waals surface area contributed by atoms with Crippen LogP contribution in [0.2, 0.25) is 0 Å². The summed E-state index contributed by atoms with van der Waals surface area (Å²) in [4.78, 5) is 27.7. The lowest BCUT2D eigenvalue weighted by Gasteiger charge is -2.30. The smallest absolute Gasteiger partial charge is 0.254 e. The van der Waals surface area contributed by atoms with Gasteiger partial charge in [-0.2, -0.15) is 0 Å². The largest absolute Gasteiger partial charge is 0.378 e. The molecule has 2 aliphatic rings. The molecule has 0 bridgehead atoms. The minimum Gasteiger partial charge on any atom is -0.378 e. The molecule has 5 rings (SSSR count). The van der Waals surface area contributed by atoms with Crippen LogP contribution in [0.5, 0.6) is 0 Å². The molecule has 2 fully saturated rings. The van der Waals surface area contributed by atoms with Gasteiger partial charge in [0.05, 0.1) is 12.4 Å². The normalized spacial score (nSPS) is 23.2. The summed E-state index contributed by atoms with van der Waals surface area (Å²) in [5.74, 6) is 1.05. The number of nitrogens with zero attached hydrogens (tertiary/aromatic N) is 4. The van der Waals surface area contributed by atoms with Crippen LogP contribution < -0.4 is 4.90 Å². The highest BCUT2D eigenvalue weighted by Gasteiger charge is 2.49. The minimum atomic E-state index is 0.105. The summed E-state index contributed by atoms with van der Waals surface area (Å²) in [5, 5.41) is 0. The molecular formula is C25H29N5O. The number of likely N-dealkylation sites (tertiary alicyclic amines) is 2. The molecule has 1 N–H and O–H groups in total. The van der Waals surface area contributed by atoms with Gasteiger partial charge in [0.25, 0.3) is 5.91 Å². The third-order valence-corrected chi connectivity index (χ3v) is 6.70. The first-order valence-corrected chi connectivity index (χ1v) is 10.9. The Balaban J connectivity index is 1.42. The van der Waals surface area contributed by atoms with Gasteiger partial charge in [0.2, 0.25) is 0 Å². The number of carbonyl (C=O) groups is 1. The second kappa shape index (κ2) is 8.19. The highest BCUT2D eigenvalue weighted by Crippen LogP contribution is 2.45. The molecule has 0 saturated carbocycles. The van der Waals surface area contributed by atoms with E-state index in [0.29, 0.717) is 11.8 Å². The van der Waals surface area contributed by atoms with Crippen LogP contribution in [0, 0.1) is 11.8 Å². The number of fused-ring (bicyclic) bond motifs is 1. The summed E-state index contributed by atoms with van der Waals surface area (Å²) in [6.45, 7) is 3.68. The molecule has 2 aromatic carbocycles. The van der Waals surface area contributed by atoms with Crippen molar-refractivity contribution < 1.29 is 4.79 Å². The standard InChI is InChI=1S/C25H29N5O/c1-28(2)22-10-6-9-19(11-22)25(31)30-14-20-13-29(15-21-12-26-17-27-21)16-23(20)24(30)18-7-4-3-5-8-18/h3-12,17,20,23-24H,13-16H2,1-2H3,(H,26,27)/t20-,23-,24+/m0/s1. The maximum Gasteiger partial charge on any atom is 0.254 e. The van der Waals surface area contributed by atoms with Gasteiger partial charge in [-0.25, -0.2) is 4.98 Å². The predicted molar refractivity (Wildman–Crippen MR) is 122 cm³/mol. The number of imidazole rings is 1. The molecule has 0 unspecified atom stereocenters. The van der Waals surface area contributed by atoms with E-state index in [0.717, 1.165) is 43.1 Å². The lowest BCUT2D eigenvalue weighted by atomic mass is 9.89. The molecule has 6 nitrogen and oxygen atoms in total. The average Bonchev–Trinajstić information content (AvgIpc) is 3.50. The van der Waals surface area contributed by atoms with Gasteiger partial charge in [0.1, 0.15) is 0 Å². The van der Waals surface area contributed by atoms with E-state index < -0.39 is 0 Å². The number of amides is 1. The van der Waals surface area contributed by atoms with Gasteiger partial charge < -0.3 is 14.8 Å². The Morgan fingerprint density at radius 2 is 1.94 bits per heavy atom. The maximum absolute atomic E-state index is 13.7.